The molecule has 4 nitrogen and oxygen atoms in total. The second-order valence-electron chi connectivity index (χ2n) is 4.34. The number of aromatic amines is 1. The van der Waals surface area contributed by atoms with Crippen LogP contribution in [0.1, 0.15) is 12.2 Å². The molecule has 0 fully saturated rings. The number of nitrogens with one attached hydrogen (secondary N) is 1. The molecule has 0 radical (unpaired) electrons. The van der Waals surface area contributed by atoms with E-state index in [0.717, 1.165) is 12.1 Å². The van der Waals surface area contributed by atoms with Crippen LogP contribution in [-0.2, 0) is 6.42 Å². The Balaban J connectivity index is 2.36. The number of aromatic nitrogens is 2. The molecule has 0 bridgehead atoms. The average Bonchev–Trinajstić information content (AvgIpc) is 2.35. The Bertz CT molecular complexity index is 710. The summed E-state index contributed by atoms with van der Waals surface area (Å²) in [6.45, 7) is 0. The molecule has 0 unspecified atom stereocenters. The summed E-state index contributed by atoms with van der Waals surface area (Å²) < 4.78 is 49.4. The van der Waals surface area contributed by atoms with Crippen molar-refractivity contribution in [2.24, 2.45) is 0 Å². The number of hydrogen-bond donors (Lipinski definition) is 2. The lowest BCUT2D eigenvalue weighted by Crippen LogP contribution is -2.16. The van der Waals surface area contributed by atoms with Crippen molar-refractivity contribution in [2.75, 3.05) is 0 Å². The number of H-pyrrole nitrogens is 1. The summed E-state index contributed by atoms with van der Waals surface area (Å²) in [7, 11) is 0. The largest absolute Gasteiger partial charge is 0.493 e. The number of hydrogen-bond acceptors (Lipinski definition) is 3. The van der Waals surface area contributed by atoms with Crippen LogP contribution >= 0.6 is 0 Å². The molecule has 2 rings (SSSR count). The highest BCUT2D eigenvalue weighted by atomic mass is 19.4. The number of aromatic hydroxyl groups is 1. The Hall–Kier alpha value is -2.38. The van der Waals surface area contributed by atoms with Gasteiger partial charge in [-0.3, -0.25) is 4.79 Å². The van der Waals surface area contributed by atoms with E-state index >= 15 is 0 Å². The van der Waals surface area contributed by atoms with Crippen LogP contribution in [0.3, 0.4) is 0 Å². The molecule has 0 saturated carbocycles. The number of rotatable bonds is 3. The van der Waals surface area contributed by atoms with E-state index in [2.05, 4.69) is 9.97 Å². The van der Waals surface area contributed by atoms with Gasteiger partial charge in [-0.1, -0.05) is 12.1 Å². The predicted molar refractivity (Wildman–Crippen MR) is 66.3 cm³/mol. The van der Waals surface area contributed by atoms with Crippen LogP contribution in [-0.4, -0.2) is 21.3 Å². The molecule has 0 aliphatic rings. The summed E-state index contributed by atoms with van der Waals surface area (Å²) in [5.74, 6) is -1.64. The van der Waals surface area contributed by atoms with Crippen molar-refractivity contribution in [3.63, 3.8) is 0 Å². The van der Waals surface area contributed by atoms with E-state index in [9.17, 15) is 27.5 Å². The van der Waals surface area contributed by atoms with Gasteiger partial charge in [0.05, 0.1) is 6.42 Å². The molecule has 1 aromatic carbocycles. The molecular weight excluding hydrogens is 292 g/mol. The fourth-order valence-corrected chi connectivity index (χ4v) is 1.79. The summed E-state index contributed by atoms with van der Waals surface area (Å²) in [6.07, 6.45) is -6.13. The molecule has 0 amide bonds. The summed E-state index contributed by atoms with van der Waals surface area (Å²) in [6, 6.07) is 4.88. The Labute approximate surface area is 116 Å². The highest BCUT2D eigenvalue weighted by molar-refractivity contribution is 5.67. The van der Waals surface area contributed by atoms with Crippen molar-refractivity contribution < 1.29 is 22.7 Å². The molecule has 8 heteroatoms. The molecule has 1 heterocycles. The normalized spacial score (nSPS) is 11.6. The van der Waals surface area contributed by atoms with Gasteiger partial charge in [-0.2, -0.15) is 18.2 Å². The second kappa shape index (κ2) is 5.55. The maximum absolute atomic E-state index is 13.1. The molecule has 2 aromatic rings. The van der Waals surface area contributed by atoms with Crippen molar-refractivity contribution in [1.29, 1.82) is 0 Å². The number of halogens is 4. The van der Waals surface area contributed by atoms with Gasteiger partial charge in [-0.05, 0) is 17.7 Å². The van der Waals surface area contributed by atoms with Gasteiger partial charge < -0.3 is 10.1 Å². The molecule has 112 valence electrons. The zero-order valence-electron chi connectivity index (χ0n) is 10.5. The van der Waals surface area contributed by atoms with Crippen molar-refractivity contribution in [3.05, 3.63) is 46.3 Å². The second-order valence-corrected chi connectivity index (χ2v) is 4.34. The molecule has 0 spiro atoms. The molecule has 0 aliphatic heterocycles. The Morgan fingerprint density at radius 1 is 1.29 bits per heavy atom. The van der Waals surface area contributed by atoms with Crippen LogP contribution in [0.4, 0.5) is 17.6 Å². The molecule has 0 atom stereocenters. The third-order valence-corrected chi connectivity index (χ3v) is 2.71. The minimum atomic E-state index is -4.39. The highest BCUT2D eigenvalue weighted by Crippen LogP contribution is 2.25. The summed E-state index contributed by atoms with van der Waals surface area (Å²) in [4.78, 5) is 17.5. The zero-order chi connectivity index (χ0) is 15.6. The molecule has 0 saturated heterocycles. The third kappa shape index (κ3) is 3.80. The standard InChI is InChI=1S/C13H10F4N2O2/c14-8-3-1-2-7(6-8)10-11(20)18-9(19-12(10)21)4-5-13(15,16)17/h1-3,6H,4-5H2,(H2,18,19,20,21). The summed E-state index contributed by atoms with van der Waals surface area (Å²) in [5, 5.41) is 9.71. The van der Waals surface area contributed by atoms with E-state index in [-0.39, 0.29) is 17.0 Å². The van der Waals surface area contributed by atoms with Gasteiger partial charge in [0.1, 0.15) is 17.2 Å². The van der Waals surface area contributed by atoms with Crippen LogP contribution in [0.15, 0.2) is 29.1 Å². The van der Waals surface area contributed by atoms with Gasteiger partial charge in [-0.25, -0.2) is 4.39 Å². The number of aryl methyl sites for hydroxylation is 1. The Kier molecular flexibility index (Phi) is 3.97. The van der Waals surface area contributed by atoms with E-state index in [1.807, 2.05) is 0 Å². The first-order valence-electron chi connectivity index (χ1n) is 5.91. The molecule has 2 N–H and O–H groups in total. The Morgan fingerprint density at radius 2 is 2.00 bits per heavy atom. The first kappa shape index (κ1) is 15.0. The predicted octanol–water partition coefficient (Wildman–Crippen LogP) is 2.78. The van der Waals surface area contributed by atoms with Gasteiger partial charge in [0.2, 0.25) is 5.88 Å². The minimum Gasteiger partial charge on any atom is -0.493 e. The third-order valence-electron chi connectivity index (χ3n) is 2.71. The van der Waals surface area contributed by atoms with E-state index in [0.29, 0.717) is 0 Å². The first-order chi connectivity index (χ1) is 9.76. The fourth-order valence-electron chi connectivity index (χ4n) is 1.79. The highest BCUT2D eigenvalue weighted by Gasteiger charge is 2.27. The lowest BCUT2D eigenvalue weighted by molar-refractivity contribution is -0.134. The van der Waals surface area contributed by atoms with E-state index in [1.165, 1.54) is 12.1 Å². The number of alkyl halides is 3. The Morgan fingerprint density at radius 3 is 2.57 bits per heavy atom. The maximum Gasteiger partial charge on any atom is 0.389 e. The summed E-state index contributed by atoms with van der Waals surface area (Å²) in [5.41, 5.74) is -1.03. The smallest absolute Gasteiger partial charge is 0.389 e. The van der Waals surface area contributed by atoms with Crippen molar-refractivity contribution in [3.8, 4) is 17.0 Å². The van der Waals surface area contributed by atoms with Crippen molar-refractivity contribution in [1.82, 2.24) is 9.97 Å². The lowest BCUT2D eigenvalue weighted by Gasteiger charge is -2.08. The zero-order valence-corrected chi connectivity index (χ0v) is 10.5. The van der Waals surface area contributed by atoms with E-state index < -0.39 is 36.3 Å². The van der Waals surface area contributed by atoms with Crippen molar-refractivity contribution >= 4 is 0 Å². The van der Waals surface area contributed by atoms with Gasteiger partial charge in [0.25, 0.3) is 5.56 Å². The number of benzene rings is 1. The monoisotopic (exact) mass is 302 g/mol. The minimum absolute atomic E-state index is 0.0867. The number of nitrogens with zero attached hydrogens (tertiary/aromatic N) is 1. The van der Waals surface area contributed by atoms with Crippen LogP contribution in [0, 0.1) is 5.82 Å². The lowest BCUT2D eigenvalue weighted by atomic mass is 10.1. The van der Waals surface area contributed by atoms with Crippen molar-refractivity contribution in [2.45, 2.75) is 19.0 Å². The van der Waals surface area contributed by atoms with Crippen LogP contribution < -0.4 is 5.56 Å². The molecule has 0 aliphatic carbocycles. The SMILES string of the molecule is O=c1[nH]c(CCC(F)(F)F)nc(O)c1-c1cccc(F)c1. The van der Waals surface area contributed by atoms with E-state index in [1.54, 1.807) is 0 Å². The van der Waals surface area contributed by atoms with Crippen LogP contribution in [0.2, 0.25) is 0 Å². The average molecular weight is 302 g/mol. The molecular formula is C13H10F4N2O2. The van der Waals surface area contributed by atoms with Crippen LogP contribution in [0.25, 0.3) is 11.1 Å². The fraction of sp³-hybridized carbons (Fsp3) is 0.231. The quantitative estimate of drug-likeness (QED) is 0.857. The van der Waals surface area contributed by atoms with Gasteiger partial charge in [-0.15, -0.1) is 0 Å². The maximum atomic E-state index is 13.1. The molecule has 1 aromatic heterocycles. The van der Waals surface area contributed by atoms with E-state index in [4.69, 9.17) is 0 Å². The van der Waals surface area contributed by atoms with Crippen LogP contribution in [0.5, 0.6) is 5.88 Å². The molecule has 21 heavy (non-hydrogen) atoms. The first-order valence-corrected chi connectivity index (χ1v) is 5.91. The summed E-state index contributed by atoms with van der Waals surface area (Å²) >= 11 is 0. The topological polar surface area (TPSA) is 66.0 Å². The van der Waals surface area contributed by atoms with Gasteiger partial charge in [0.15, 0.2) is 0 Å². The van der Waals surface area contributed by atoms with Gasteiger partial charge in [0, 0.05) is 6.42 Å². The van der Waals surface area contributed by atoms with Gasteiger partial charge >= 0.3 is 6.18 Å².